The number of hydrogen-bond donors (Lipinski definition) is 1. The van der Waals surface area contributed by atoms with Crippen LogP contribution in [-0.2, 0) is 15.8 Å². The summed E-state index contributed by atoms with van der Waals surface area (Å²) in [5.41, 5.74) is 1.53. The number of piperazine rings is 1. The van der Waals surface area contributed by atoms with Crippen LogP contribution in [0.2, 0.25) is 0 Å². The predicted molar refractivity (Wildman–Crippen MR) is 122 cm³/mol. The van der Waals surface area contributed by atoms with Crippen molar-refractivity contribution in [3.63, 3.8) is 0 Å². The van der Waals surface area contributed by atoms with Crippen molar-refractivity contribution in [1.29, 1.82) is 0 Å². The molecule has 1 fully saturated rings. The van der Waals surface area contributed by atoms with Crippen LogP contribution >= 0.6 is 0 Å². The topological polar surface area (TPSA) is 91.3 Å². The second-order valence-electron chi connectivity index (χ2n) is 7.77. The van der Waals surface area contributed by atoms with Crippen LogP contribution in [0.15, 0.2) is 48.7 Å². The van der Waals surface area contributed by atoms with Gasteiger partial charge in [-0.3, -0.25) is 0 Å². The summed E-state index contributed by atoms with van der Waals surface area (Å²) in [6, 6.07) is 11.4. The number of nitrogens with one attached hydrogen (secondary N) is 1. The Kier molecular flexibility index (Phi) is 6.33. The third-order valence-corrected chi connectivity index (χ3v) is 7.04. The zero-order valence-electron chi connectivity index (χ0n) is 18.0. The zero-order valence-corrected chi connectivity index (χ0v) is 18.8. The molecule has 168 valence electrons. The van der Waals surface area contributed by atoms with Gasteiger partial charge >= 0.3 is 0 Å². The lowest BCUT2D eigenvalue weighted by molar-refractivity contribution is 0.383. The molecule has 0 spiro atoms. The Hall–Kier alpha value is -3.11. The van der Waals surface area contributed by atoms with Crippen molar-refractivity contribution >= 4 is 27.5 Å². The van der Waals surface area contributed by atoms with E-state index in [1.165, 1.54) is 22.5 Å². The number of hydrogen-bond acceptors (Lipinski definition) is 7. The summed E-state index contributed by atoms with van der Waals surface area (Å²) in [4.78, 5) is 15.3. The van der Waals surface area contributed by atoms with E-state index in [0.717, 1.165) is 11.4 Å². The molecule has 0 aliphatic carbocycles. The van der Waals surface area contributed by atoms with E-state index in [-0.39, 0.29) is 5.75 Å². The van der Waals surface area contributed by atoms with Crippen LogP contribution in [0.5, 0.6) is 0 Å². The minimum atomic E-state index is -3.53. The Morgan fingerprint density at radius 2 is 1.78 bits per heavy atom. The number of aromatic nitrogens is 3. The minimum Gasteiger partial charge on any atom is -0.354 e. The molecule has 0 amide bonds. The van der Waals surface area contributed by atoms with Gasteiger partial charge in [0.1, 0.15) is 29.1 Å². The maximum Gasteiger partial charge on any atom is 0.218 e. The number of aryl methyl sites for hydroxylation is 2. The fraction of sp³-hybridized carbons (Fsp3) is 0.318. The van der Waals surface area contributed by atoms with E-state index in [0.29, 0.717) is 49.2 Å². The molecule has 0 saturated carbocycles. The van der Waals surface area contributed by atoms with Gasteiger partial charge in [0.25, 0.3) is 0 Å². The van der Waals surface area contributed by atoms with Gasteiger partial charge in [-0.05, 0) is 49.2 Å². The SMILES string of the molecule is Cc1ccnc(Nc2cc(N3CCN(S(=O)(=O)Cc4cccc(F)c4)CC3)nc(C)n2)c1. The van der Waals surface area contributed by atoms with Crippen LogP contribution in [0.4, 0.5) is 21.8 Å². The van der Waals surface area contributed by atoms with Crippen molar-refractivity contribution in [3.8, 4) is 0 Å². The lowest BCUT2D eigenvalue weighted by Crippen LogP contribution is -2.49. The molecule has 32 heavy (non-hydrogen) atoms. The average molecular weight is 457 g/mol. The summed E-state index contributed by atoms with van der Waals surface area (Å²) in [6.45, 7) is 5.48. The molecule has 0 unspecified atom stereocenters. The number of rotatable bonds is 6. The maximum atomic E-state index is 13.4. The molecule has 1 aromatic carbocycles. The molecule has 0 atom stereocenters. The van der Waals surface area contributed by atoms with Gasteiger partial charge < -0.3 is 10.2 Å². The molecule has 3 heterocycles. The lowest BCUT2D eigenvalue weighted by Gasteiger charge is -2.34. The Morgan fingerprint density at radius 1 is 1.00 bits per heavy atom. The monoisotopic (exact) mass is 456 g/mol. The van der Waals surface area contributed by atoms with Gasteiger partial charge in [-0.15, -0.1) is 0 Å². The molecule has 10 heteroatoms. The van der Waals surface area contributed by atoms with Crippen LogP contribution in [0.3, 0.4) is 0 Å². The standard InChI is InChI=1S/C22H25FN6O2S/c1-16-6-7-24-20(12-16)27-21-14-22(26-17(2)25-21)28-8-10-29(11-9-28)32(30,31)15-18-4-3-5-19(23)13-18/h3-7,12-14H,8-11,15H2,1-2H3,(H,24,25,26,27). The van der Waals surface area contributed by atoms with Crippen LogP contribution in [-0.4, -0.2) is 53.9 Å². The van der Waals surface area contributed by atoms with Crippen LogP contribution in [0.25, 0.3) is 0 Å². The van der Waals surface area contributed by atoms with Crippen LogP contribution in [0.1, 0.15) is 17.0 Å². The van der Waals surface area contributed by atoms with Gasteiger partial charge in [0, 0.05) is 38.4 Å². The largest absolute Gasteiger partial charge is 0.354 e. The number of pyridine rings is 1. The number of sulfonamides is 1. The Labute approximate surface area is 187 Å². The molecular formula is C22H25FN6O2S. The molecule has 0 bridgehead atoms. The van der Waals surface area contributed by atoms with Crippen molar-refractivity contribution in [3.05, 3.63) is 71.4 Å². The van der Waals surface area contributed by atoms with Crippen LogP contribution in [0, 0.1) is 19.7 Å². The van der Waals surface area contributed by atoms with Gasteiger partial charge in [-0.2, -0.15) is 4.31 Å². The normalized spacial score (nSPS) is 15.0. The number of anilines is 3. The van der Waals surface area contributed by atoms with Crippen molar-refractivity contribution in [2.75, 3.05) is 36.4 Å². The second kappa shape index (κ2) is 9.17. The first-order chi connectivity index (χ1) is 15.3. The third kappa shape index (κ3) is 5.38. The Bertz CT molecular complexity index is 1210. The van der Waals surface area contributed by atoms with Gasteiger partial charge in [0.05, 0.1) is 5.75 Å². The van der Waals surface area contributed by atoms with E-state index >= 15 is 0 Å². The first-order valence-corrected chi connectivity index (χ1v) is 11.9. The summed E-state index contributed by atoms with van der Waals surface area (Å²) < 4.78 is 40.4. The minimum absolute atomic E-state index is 0.213. The smallest absolute Gasteiger partial charge is 0.218 e. The molecule has 8 nitrogen and oxygen atoms in total. The summed E-state index contributed by atoms with van der Waals surface area (Å²) in [5.74, 6) is 2.02. The molecule has 1 saturated heterocycles. The van der Waals surface area contributed by atoms with E-state index in [1.807, 2.05) is 36.9 Å². The maximum absolute atomic E-state index is 13.4. The first kappa shape index (κ1) is 22.1. The van der Waals surface area contributed by atoms with Gasteiger partial charge in [0.15, 0.2) is 0 Å². The van der Waals surface area contributed by atoms with E-state index in [9.17, 15) is 12.8 Å². The van der Waals surface area contributed by atoms with E-state index in [1.54, 1.807) is 12.3 Å². The summed E-state index contributed by atoms with van der Waals surface area (Å²) in [6.07, 6.45) is 1.73. The molecule has 1 N–H and O–H groups in total. The highest BCUT2D eigenvalue weighted by Crippen LogP contribution is 2.22. The molecular weight excluding hydrogens is 431 g/mol. The quantitative estimate of drug-likeness (QED) is 0.610. The highest BCUT2D eigenvalue weighted by Gasteiger charge is 2.28. The van der Waals surface area contributed by atoms with Crippen molar-refractivity contribution in [1.82, 2.24) is 19.3 Å². The van der Waals surface area contributed by atoms with Crippen LogP contribution < -0.4 is 10.2 Å². The van der Waals surface area contributed by atoms with Gasteiger partial charge in [-0.1, -0.05) is 12.1 Å². The second-order valence-corrected chi connectivity index (χ2v) is 9.74. The first-order valence-electron chi connectivity index (χ1n) is 10.3. The molecule has 3 aromatic rings. The van der Waals surface area contributed by atoms with E-state index in [2.05, 4.69) is 20.3 Å². The number of nitrogens with zero attached hydrogens (tertiary/aromatic N) is 5. The summed E-state index contributed by atoms with van der Waals surface area (Å²) >= 11 is 0. The molecule has 0 radical (unpaired) electrons. The van der Waals surface area contributed by atoms with Crippen molar-refractivity contribution in [2.45, 2.75) is 19.6 Å². The van der Waals surface area contributed by atoms with Gasteiger partial charge in [0.2, 0.25) is 10.0 Å². The lowest BCUT2D eigenvalue weighted by atomic mass is 10.2. The van der Waals surface area contributed by atoms with Crippen molar-refractivity contribution < 1.29 is 12.8 Å². The summed E-state index contributed by atoms with van der Waals surface area (Å²) in [7, 11) is -3.53. The molecule has 4 rings (SSSR count). The number of benzene rings is 1. The van der Waals surface area contributed by atoms with Crippen molar-refractivity contribution in [2.24, 2.45) is 0 Å². The van der Waals surface area contributed by atoms with E-state index < -0.39 is 15.8 Å². The Balaban J connectivity index is 1.43. The molecule has 1 aliphatic heterocycles. The van der Waals surface area contributed by atoms with E-state index in [4.69, 9.17) is 0 Å². The zero-order chi connectivity index (χ0) is 22.7. The highest BCUT2D eigenvalue weighted by atomic mass is 32.2. The Morgan fingerprint density at radius 3 is 2.50 bits per heavy atom. The fourth-order valence-corrected chi connectivity index (χ4v) is 5.14. The highest BCUT2D eigenvalue weighted by molar-refractivity contribution is 7.88. The average Bonchev–Trinajstić information content (AvgIpc) is 2.73. The predicted octanol–water partition coefficient (Wildman–Crippen LogP) is 3.02. The summed E-state index contributed by atoms with van der Waals surface area (Å²) in [5, 5.41) is 3.20. The number of halogens is 1. The third-order valence-electron chi connectivity index (χ3n) is 5.19. The molecule has 2 aromatic heterocycles. The fourth-order valence-electron chi connectivity index (χ4n) is 3.64. The van der Waals surface area contributed by atoms with Gasteiger partial charge in [-0.25, -0.2) is 27.8 Å². The molecule has 1 aliphatic rings.